The number of carbonyl (C=O) groups excluding carboxylic acids is 1. The average Bonchev–Trinajstić information content (AvgIpc) is 2.91. The van der Waals surface area contributed by atoms with Crippen molar-refractivity contribution in [3.8, 4) is 0 Å². The van der Waals surface area contributed by atoms with Gasteiger partial charge in [-0.15, -0.1) is 0 Å². The van der Waals surface area contributed by atoms with Crippen LogP contribution in [0.5, 0.6) is 0 Å². The van der Waals surface area contributed by atoms with Crippen LogP contribution in [-0.4, -0.2) is 75.6 Å². The van der Waals surface area contributed by atoms with Crippen LogP contribution in [0.1, 0.15) is 149 Å². The van der Waals surface area contributed by atoms with E-state index in [-0.39, 0.29) is 19.8 Å². The lowest BCUT2D eigenvalue weighted by Gasteiger charge is -2.24. The Morgan fingerprint density at radius 3 is 1.43 bits per heavy atom. The third-order valence-corrected chi connectivity index (χ3v) is 8.45. The first-order valence-electron chi connectivity index (χ1n) is 17.2. The number of likely N-dealkylation sites (N-methyl/N-ethyl adjacent to an activating group) is 1. The van der Waals surface area contributed by atoms with Gasteiger partial charge in [0.15, 0.2) is 0 Å². The molecule has 9 heteroatoms. The number of carbonyl (C=O) groups is 1. The van der Waals surface area contributed by atoms with Crippen LogP contribution in [0.2, 0.25) is 0 Å². The Hall–Kier alpha value is -0.500. The second kappa shape index (κ2) is 28.0. The molecular weight excluding hydrogens is 553 g/mol. The van der Waals surface area contributed by atoms with E-state index in [0.29, 0.717) is 17.6 Å². The van der Waals surface area contributed by atoms with Crippen molar-refractivity contribution >= 4 is 13.8 Å². The first-order valence-corrected chi connectivity index (χ1v) is 18.7. The molecule has 0 bridgehead atoms. The van der Waals surface area contributed by atoms with Gasteiger partial charge in [0.1, 0.15) is 19.3 Å². The molecule has 8 nitrogen and oxygen atoms in total. The zero-order valence-electron chi connectivity index (χ0n) is 28.3. The molecule has 1 N–H and O–H groups in total. The van der Waals surface area contributed by atoms with Crippen LogP contribution in [0.3, 0.4) is 0 Å². The smallest absolute Gasteiger partial charge is 0.458 e. The van der Waals surface area contributed by atoms with Gasteiger partial charge in [-0.1, -0.05) is 135 Å². The Kier molecular flexibility index (Phi) is 27.7. The van der Waals surface area contributed by atoms with Crippen molar-refractivity contribution < 1.29 is 37.3 Å². The van der Waals surface area contributed by atoms with E-state index in [1.165, 1.54) is 129 Å². The van der Waals surface area contributed by atoms with E-state index < -0.39 is 19.9 Å². The largest absolute Gasteiger partial charge is 0.472 e. The summed E-state index contributed by atoms with van der Waals surface area (Å²) in [5.41, 5.74) is 0. The molecule has 0 aromatic rings. The van der Waals surface area contributed by atoms with Crippen LogP contribution >= 0.6 is 7.82 Å². The molecule has 0 fully saturated rings. The summed E-state index contributed by atoms with van der Waals surface area (Å²) in [5.74, 6) is -0.486. The highest BCUT2D eigenvalue weighted by atomic mass is 31.2. The first kappa shape index (κ1) is 41.5. The molecule has 0 spiro atoms. The number of esters is 1. The third kappa shape index (κ3) is 32.4. The van der Waals surface area contributed by atoms with Gasteiger partial charge in [0.2, 0.25) is 0 Å². The normalized spacial score (nSPS) is 14.1. The predicted molar refractivity (Wildman–Crippen MR) is 174 cm³/mol. The first-order chi connectivity index (χ1) is 20.1. The van der Waals surface area contributed by atoms with Gasteiger partial charge in [-0.25, -0.2) is 4.57 Å². The Labute approximate surface area is 259 Å². The van der Waals surface area contributed by atoms with Crippen molar-refractivity contribution in [1.29, 1.82) is 0 Å². The zero-order chi connectivity index (χ0) is 31.4. The maximum absolute atomic E-state index is 12.1. The van der Waals surface area contributed by atoms with Crippen LogP contribution < -0.4 is 0 Å². The van der Waals surface area contributed by atoms with Crippen LogP contribution in [0, 0.1) is 0 Å². The molecule has 0 aromatic carbocycles. The molecule has 0 aliphatic carbocycles. The molecule has 0 aliphatic heterocycles. The van der Waals surface area contributed by atoms with Crippen molar-refractivity contribution in [3.63, 3.8) is 0 Å². The molecule has 2 unspecified atom stereocenters. The minimum absolute atomic E-state index is 0.0888. The molecule has 0 aliphatic rings. The van der Waals surface area contributed by atoms with E-state index in [9.17, 15) is 14.3 Å². The number of hydrogen-bond donors (Lipinski definition) is 1. The second-order valence-electron chi connectivity index (χ2n) is 13.0. The van der Waals surface area contributed by atoms with Crippen molar-refractivity contribution in [2.45, 2.75) is 155 Å². The quantitative estimate of drug-likeness (QED) is 0.0346. The fourth-order valence-corrected chi connectivity index (χ4v) is 5.59. The lowest BCUT2D eigenvalue weighted by atomic mass is 10.0. The molecule has 252 valence electrons. The summed E-state index contributed by atoms with van der Waals surface area (Å²) in [6.45, 7) is 4.66. The molecule has 0 saturated heterocycles. The molecule has 0 rings (SSSR count). The molecule has 0 heterocycles. The topological polar surface area (TPSA) is 91.3 Å². The van der Waals surface area contributed by atoms with Crippen molar-refractivity contribution in [2.75, 3.05) is 54.1 Å². The Balaban J connectivity index is 3.58. The van der Waals surface area contributed by atoms with Gasteiger partial charge >= 0.3 is 13.8 Å². The third-order valence-electron chi connectivity index (χ3n) is 7.47. The van der Waals surface area contributed by atoms with Gasteiger partial charge in [0, 0.05) is 13.5 Å². The molecule has 0 aromatic heterocycles. The highest BCUT2D eigenvalue weighted by Gasteiger charge is 2.25. The minimum Gasteiger partial charge on any atom is -0.458 e. The summed E-state index contributed by atoms with van der Waals surface area (Å²) >= 11 is 0. The Bertz CT molecular complexity index is 657. The number of phosphoric acid groups is 1. The van der Waals surface area contributed by atoms with Crippen LogP contribution in [-0.2, 0) is 27.9 Å². The van der Waals surface area contributed by atoms with Crippen molar-refractivity contribution in [1.82, 2.24) is 0 Å². The maximum Gasteiger partial charge on any atom is 0.472 e. The summed E-state index contributed by atoms with van der Waals surface area (Å²) in [4.78, 5) is 21.3. The number of quaternary nitrogens is 1. The van der Waals surface area contributed by atoms with Gasteiger partial charge in [-0.05, 0) is 6.42 Å². The van der Waals surface area contributed by atoms with Gasteiger partial charge in [0.25, 0.3) is 0 Å². The SMILES string of the molecule is CCCCCCCCCCCCCCCCCCCCCCCOCC(COP(=O)(O)OCC[N+](C)(C)C)OC(C)=O. The van der Waals surface area contributed by atoms with Crippen LogP contribution in [0.25, 0.3) is 0 Å². The molecule has 0 amide bonds. The van der Waals surface area contributed by atoms with Crippen molar-refractivity contribution in [2.24, 2.45) is 0 Å². The van der Waals surface area contributed by atoms with E-state index in [1.54, 1.807) is 0 Å². The van der Waals surface area contributed by atoms with E-state index >= 15 is 0 Å². The molecule has 0 radical (unpaired) electrons. The summed E-state index contributed by atoms with van der Waals surface area (Å²) < 4.78 is 33.6. The fourth-order valence-electron chi connectivity index (χ4n) is 4.85. The number of nitrogens with zero attached hydrogens (tertiary/aromatic N) is 1. The summed E-state index contributed by atoms with van der Waals surface area (Å²) in [6.07, 6.45) is 27.6. The van der Waals surface area contributed by atoms with Crippen LogP contribution in [0.4, 0.5) is 0 Å². The van der Waals surface area contributed by atoms with Gasteiger partial charge in [0.05, 0.1) is 34.4 Å². The standard InChI is InChI=1S/C33H68NO7P/c1-6-7-8-9-10-11-12-13-14-15-16-17-18-19-20-21-22-23-24-25-26-28-38-30-33(41-32(2)35)31-40-42(36,37)39-29-27-34(3,4)5/h33H,6-31H2,1-5H3/p+1. The summed E-state index contributed by atoms with van der Waals surface area (Å²) in [7, 11) is 1.67. The van der Waals surface area contributed by atoms with E-state index in [1.807, 2.05) is 21.1 Å². The lowest BCUT2D eigenvalue weighted by molar-refractivity contribution is -0.870. The van der Waals surface area contributed by atoms with Gasteiger partial charge < -0.3 is 18.9 Å². The van der Waals surface area contributed by atoms with E-state index in [4.69, 9.17) is 18.5 Å². The number of hydrogen-bond acceptors (Lipinski definition) is 6. The second-order valence-corrected chi connectivity index (χ2v) is 14.4. The number of rotatable bonds is 32. The number of phosphoric ester groups is 1. The van der Waals surface area contributed by atoms with Crippen molar-refractivity contribution in [3.05, 3.63) is 0 Å². The number of unbranched alkanes of at least 4 members (excludes halogenated alkanes) is 20. The lowest BCUT2D eigenvalue weighted by Crippen LogP contribution is -2.37. The molecule has 0 saturated carbocycles. The Morgan fingerprint density at radius 2 is 1.05 bits per heavy atom. The predicted octanol–water partition coefficient (Wildman–Crippen LogP) is 8.99. The zero-order valence-corrected chi connectivity index (χ0v) is 29.1. The minimum atomic E-state index is -4.22. The Morgan fingerprint density at radius 1 is 0.643 bits per heavy atom. The summed E-state index contributed by atoms with van der Waals surface area (Å²) in [6, 6.07) is 0. The highest BCUT2D eigenvalue weighted by molar-refractivity contribution is 7.47. The average molecular weight is 623 g/mol. The molecule has 2 atom stereocenters. The van der Waals surface area contributed by atoms with Crippen LogP contribution in [0.15, 0.2) is 0 Å². The van der Waals surface area contributed by atoms with Gasteiger partial charge in [-0.3, -0.25) is 13.8 Å². The van der Waals surface area contributed by atoms with E-state index in [0.717, 1.165) is 12.8 Å². The monoisotopic (exact) mass is 622 g/mol. The number of ether oxygens (including phenoxy) is 2. The fraction of sp³-hybridized carbons (Fsp3) is 0.970. The van der Waals surface area contributed by atoms with Gasteiger partial charge in [-0.2, -0.15) is 0 Å². The van der Waals surface area contributed by atoms with E-state index in [2.05, 4.69) is 6.92 Å². The maximum atomic E-state index is 12.1. The summed E-state index contributed by atoms with van der Waals surface area (Å²) in [5, 5.41) is 0. The molecule has 42 heavy (non-hydrogen) atoms. The molecular formula is C33H69NO7P+. The highest BCUT2D eigenvalue weighted by Crippen LogP contribution is 2.43.